The second-order valence-electron chi connectivity index (χ2n) is 5.89. The van der Waals surface area contributed by atoms with Gasteiger partial charge in [0.15, 0.2) is 0 Å². The number of carbonyl (C=O) groups excluding carboxylic acids is 1. The monoisotopic (exact) mass is 289 g/mol. The van der Waals surface area contributed by atoms with Crippen LogP contribution >= 0.6 is 0 Å². The van der Waals surface area contributed by atoms with Gasteiger partial charge in [-0.05, 0) is 48.9 Å². The number of benzene rings is 1. The lowest BCUT2D eigenvalue weighted by molar-refractivity contribution is -0.157. The average molecular weight is 289 g/mol. The number of methoxy groups -OCH3 is 1. The van der Waals surface area contributed by atoms with Gasteiger partial charge in [0, 0.05) is 12.5 Å². The molecule has 0 heterocycles. The van der Waals surface area contributed by atoms with Gasteiger partial charge in [-0.1, -0.05) is 6.07 Å². The lowest BCUT2D eigenvalue weighted by Gasteiger charge is -2.42. The fourth-order valence-corrected chi connectivity index (χ4v) is 3.29. The van der Waals surface area contributed by atoms with E-state index >= 15 is 0 Å². The van der Waals surface area contributed by atoms with Crippen LogP contribution in [0.3, 0.4) is 0 Å². The van der Waals surface area contributed by atoms with E-state index in [9.17, 15) is 14.7 Å². The molecule has 1 aromatic carbocycles. The third kappa shape index (κ3) is 2.26. The molecule has 1 N–H and O–H groups in total. The fourth-order valence-electron chi connectivity index (χ4n) is 3.29. The molecular formula is C16H19NO4. The van der Waals surface area contributed by atoms with Crippen LogP contribution < -0.4 is 4.74 Å². The van der Waals surface area contributed by atoms with Crippen molar-refractivity contribution in [3.05, 3.63) is 29.3 Å². The highest BCUT2D eigenvalue weighted by Gasteiger charge is 2.50. The Morgan fingerprint density at radius 3 is 2.76 bits per heavy atom. The highest BCUT2D eigenvalue weighted by molar-refractivity contribution is 5.83. The number of aryl methyl sites for hydroxylation is 1. The van der Waals surface area contributed by atoms with Crippen LogP contribution in [0.1, 0.15) is 30.4 Å². The van der Waals surface area contributed by atoms with Gasteiger partial charge in [0.05, 0.1) is 7.11 Å². The molecule has 2 aliphatic rings. The molecule has 5 nitrogen and oxygen atoms in total. The Hall–Kier alpha value is -2.04. The van der Waals surface area contributed by atoms with Gasteiger partial charge >= 0.3 is 5.97 Å². The molecule has 0 aliphatic heterocycles. The average Bonchev–Trinajstić information content (AvgIpc) is 3.31. The minimum absolute atomic E-state index is 0.0887. The molecule has 1 unspecified atom stereocenters. The summed E-state index contributed by atoms with van der Waals surface area (Å²) in [5.41, 5.74) is 1.01. The summed E-state index contributed by atoms with van der Waals surface area (Å²) in [6.07, 6.45) is 4.01. The Labute approximate surface area is 123 Å². The van der Waals surface area contributed by atoms with Crippen molar-refractivity contribution in [1.82, 2.24) is 4.90 Å². The summed E-state index contributed by atoms with van der Waals surface area (Å²) in [5.74, 6) is -0.186. The Kier molecular flexibility index (Phi) is 3.35. The molecule has 1 saturated carbocycles. The fraction of sp³-hybridized carbons (Fsp3) is 0.500. The summed E-state index contributed by atoms with van der Waals surface area (Å²) < 4.78 is 5.22. The van der Waals surface area contributed by atoms with Crippen LogP contribution in [0.2, 0.25) is 0 Å². The lowest BCUT2D eigenvalue weighted by Crippen LogP contribution is -2.58. The van der Waals surface area contributed by atoms with Crippen molar-refractivity contribution < 1.29 is 19.4 Å². The summed E-state index contributed by atoms with van der Waals surface area (Å²) >= 11 is 0. The van der Waals surface area contributed by atoms with Gasteiger partial charge in [0.1, 0.15) is 11.3 Å². The van der Waals surface area contributed by atoms with Gasteiger partial charge in [-0.25, -0.2) is 4.79 Å². The van der Waals surface area contributed by atoms with E-state index in [1.807, 2.05) is 18.2 Å². The minimum atomic E-state index is -1.11. The molecule has 1 amide bonds. The Morgan fingerprint density at radius 2 is 2.19 bits per heavy atom. The normalized spacial score (nSPS) is 24.0. The molecule has 0 radical (unpaired) electrons. The van der Waals surface area contributed by atoms with Crippen molar-refractivity contribution >= 4 is 12.4 Å². The molecule has 0 bridgehead atoms. The second-order valence-corrected chi connectivity index (χ2v) is 5.89. The van der Waals surface area contributed by atoms with Gasteiger partial charge in [-0.15, -0.1) is 0 Å². The van der Waals surface area contributed by atoms with E-state index in [4.69, 9.17) is 4.74 Å². The van der Waals surface area contributed by atoms with E-state index in [1.165, 1.54) is 4.90 Å². The minimum Gasteiger partial charge on any atom is -0.497 e. The summed E-state index contributed by atoms with van der Waals surface area (Å²) in [4.78, 5) is 24.9. The highest BCUT2D eigenvalue weighted by atomic mass is 16.5. The zero-order valence-corrected chi connectivity index (χ0v) is 12.0. The van der Waals surface area contributed by atoms with E-state index in [2.05, 4.69) is 0 Å². The van der Waals surface area contributed by atoms with Crippen LogP contribution in [-0.2, 0) is 22.4 Å². The van der Waals surface area contributed by atoms with Gasteiger partial charge < -0.3 is 14.7 Å². The van der Waals surface area contributed by atoms with Crippen LogP contribution in [0.25, 0.3) is 0 Å². The molecule has 5 heteroatoms. The molecule has 3 rings (SSSR count). The first-order chi connectivity index (χ1) is 10.1. The molecule has 0 spiro atoms. The first-order valence-electron chi connectivity index (χ1n) is 7.23. The van der Waals surface area contributed by atoms with Crippen molar-refractivity contribution in [3.63, 3.8) is 0 Å². The first-order valence-corrected chi connectivity index (χ1v) is 7.23. The van der Waals surface area contributed by atoms with Crippen molar-refractivity contribution in [1.29, 1.82) is 0 Å². The van der Waals surface area contributed by atoms with Crippen LogP contribution in [0.15, 0.2) is 18.2 Å². The maximum atomic E-state index is 11.9. The maximum Gasteiger partial charge on any atom is 0.329 e. The molecule has 21 heavy (non-hydrogen) atoms. The quantitative estimate of drug-likeness (QED) is 0.837. The van der Waals surface area contributed by atoms with Crippen LogP contribution in [0.4, 0.5) is 0 Å². The Morgan fingerprint density at radius 1 is 1.43 bits per heavy atom. The van der Waals surface area contributed by atoms with E-state index in [-0.39, 0.29) is 6.04 Å². The summed E-state index contributed by atoms with van der Waals surface area (Å²) in [6.45, 7) is 0. The van der Waals surface area contributed by atoms with E-state index < -0.39 is 11.5 Å². The van der Waals surface area contributed by atoms with Crippen molar-refractivity contribution in [3.8, 4) is 5.75 Å². The first kappa shape index (κ1) is 13.9. The molecule has 1 atom stereocenters. The predicted molar refractivity (Wildman–Crippen MR) is 76.3 cm³/mol. The number of fused-ring (bicyclic) bond motifs is 1. The number of ether oxygens (including phenoxy) is 1. The van der Waals surface area contributed by atoms with E-state index in [0.29, 0.717) is 19.3 Å². The highest BCUT2D eigenvalue weighted by Crippen LogP contribution is 2.40. The van der Waals surface area contributed by atoms with Crippen molar-refractivity contribution in [2.24, 2.45) is 0 Å². The lowest BCUT2D eigenvalue weighted by atomic mass is 9.76. The van der Waals surface area contributed by atoms with Crippen LogP contribution in [0, 0.1) is 0 Å². The molecule has 1 aromatic rings. The zero-order valence-electron chi connectivity index (χ0n) is 12.0. The maximum absolute atomic E-state index is 11.9. The standard InChI is InChI=1S/C16H19NO4/c1-21-14-5-2-11-6-7-16(15(19)20,9-12(11)8-14)17(10-18)13-3-4-13/h2,5,8,10,13H,3-4,6-7,9H2,1H3,(H,19,20). The Bertz CT molecular complexity index is 582. The van der Waals surface area contributed by atoms with Gasteiger partial charge in [0.2, 0.25) is 6.41 Å². The zero-order chi connectivity index (χ0) is 15.0. The van der Waals surface area contributed by atoms with Gasteiger partial charge in [-0.3, -0.25) is 4.79 Å². The SMILES string of the molecule is COc1ccc2c(c1)CC(C(=O)O)(N(C=O)C1CC1)CC2. The molecule has 2 aliphatic carbocycles. The van der Waals surface area contributed by atoms with Crippen LogP contribution in [-0.4, -0.2) is 41.1 Å². The predicted octanol–water partition coefficient (Wildman–Crippen LogP) is 1.63. The number of hydrogen-bond acceptors (Lipinski definition) is 3. The molecule has 1 fully saturated rings. The molecule has 0 aromatic heterocycles. The number of carboxylic acid groups (broad SMARTS) is 1. The largest absolute Gasteiger partial charge is 0.497 e. The van der Waals surface area contributed by atoms with Gasteiger partial charge in [0.25, 0.3) is 0 Å². The third-order valence-corrected chi connectivity index (χ3v) is 4.65. The van der Waals surface area contributed by atoms with Crippen LogP contribution in [0.5, 0.6) is 5.75 Å². The number of carbonyl (C=O) groups is 2. The molecule has 0 saturated heterocycles. The topological polar surface area (TPSA) is 66.8 Å². The molecule has 112 valence electrons. The molecular weight excluding hydrogens is 270 g/mol. The summed E-state index contributed by atoms with van der Waals surface area (Å²) in [6, 6.07) is 5.86. The van der Waals surface area contributed by atoms with Crippen molar-refractivity contribution in [2.45, 2.75) is 43.7 Å². The smallest absolute Gasteiger partial charge is 0.329 e. The number of amides is 1. The summed E-state index contributed by atoms with van der Waals surface area (Å²) in [7, 11) is 1.59. The number of aliphatic carboxylic acids is 1. The number of rotatable bonds is 5. The Balaban J connectivity index is 1.99. The van der Waals surface area contributed by atoms with Crippen molar-refractivity contribution in [2.75, 3.05) is 7.11 Å². The number of hydrogen-bond donors (Lipinski definition) is 1. The van der Waals surface area contributed by atoms with E-state index in [0.717, 1.165) is 36.1 Å². The second kappa shape index (κ2) is 5.06. The van der Waals surface area contributed by atoms with Gasteiger partial charge in [-0.2, -0.15) is 0 Å². The summed E-state index contributed by atoms with van der Waals surface area (Å²) in [5, 5.41) is 9.79. The number of carboxylic acids is 1. The number of nitrogens with zero attached hydrogens (tertiary/aromatic N) is 1. The third-order valence-electron chi connectivity index (χ3n) is 4.65. The van der Waals surface area contributed by atoms with E-state index in [1.54, 1.807) is 7.11 Å².